The number of anilines is 1. The van der Waals surface area contributed by atoms with Gasteiger partial charge in [0.15, 0.2) is 0 Å². The Kier molecular flexibility index (Phi) is 6.79. The second-order valence-electron chi connectivity index (χ2n) is 7.29. The number of nitrogens with two attached hydrogens (primary N) is 1. The van der Waals surface area contributed by atoms with Gasteiger partial charge in [-0.2, -0.15) is 4.31 Å². The normalized spacial score (nSPS) is 15.6. The van der Waals surface area contributed by atoms with Crippen LogP contribution in [0.1, 0.15) is 42.1 Å². The second kappa shape index (κ2) is 9.03. The van der Waals surface area contributed by atoms with Crippen LogP contribution in [0.25, 0.3) is 0 Å². The second-order valence-corrected chi connectivity index (χ2v) is 10.7. The summed E-state index contributed by atoms with van der Waals surface area (Å²) in [5.74, 6) is -1.65. The molecule has 0 aromatic heterocycles. The number of rotatable bonds is 6. The molecule has 1 aliphatic rings. The van der Waals surface area contributed by atoms with Gasteiger partial charge in [-0.25, -0.2) is 26.4 Å². The minimum Gasteiger partial charge on any atom is -0.322 e. The summed E-state index contributed by atoms with van der Waals surface area (Å²) in [4.78, 5) is 12.0. The van der Waals surface area contributed by atoms with Crippen LogP contribution in [0, 0.1) is 5.82 Å². The molecular formula is C20H24FN3O5S2. The maximum absolute atomic E-state index is 14.4. The van der Waals surface area contributed by atoms with E-state index in [0.29, 0.717) is 37.9 Å². The van der Waals surface area contributed by atoms with E-state index in [2.05, 4.69) is 5.32 Å². The number of hydrogen-bond donors (Lipinski definition) is 2. The van der Waals surface area contributed by atoms with Gasteiger partial charge in [-0.3, -0.25) is 4.79 Å². The Morgan fingerprint density at radius 1 is 1.03 bits per heavy atom. The van der Waals surface area contributed by atoms with E-state index in [0.717, 1.165) is 18.6 Å². The molecule has 2 aromatic rings. The van der Waals surface area contributed by atoms with Crippen LogP contribution < -0.4 is 10.5 Å². The van der Waals surface area contributed by atoms with Crippen molar-refractivity contribution in [3.63, 3.8) is 0 Å². The highest BCUT2D eigenvalue weighted by Crippen LogP contribution is 2.25. The molecule has 1 amide bonds. The van der Waals surface area contributed by atoms with Crippen molar-refractivity contribution in [2.24, 2.45) is 5.14 Å². The maximum atomic E-state index is 14.4. The molecule has 0 unspecified atom stereocenters. The number of halogens is 1. The number of sulfonamides is 2. The molecule has 3 N–H and O–H groups in total. The molecule has 0 saturated carbocycles. The molecule has 2 aromatic carbocycles. The van der Waals surface area contributed by atoms with E-state index in [1.165, 1.54) is 28.6 Å². The Hall–Kier alpha value is -2.34. The fraction of sp³-hybridized carbons (Fsp3) is 0.350. The third-order valence-electron chi connectivity index (χ3n) is 5.14. The maximum Gasteiger partial charge on any atom is 0.255 e. The third kappa shape index (κ3) is 5.12. The lowest BCUT2D eigenvalue weighted by Crippen LogP contribution is -2.36. The largest absolute Gasteiger partial charge is 0.322 e. The third-order valence-corrected chi connectivity index (χ3v) is 8.05. The SMILES string of the molecule is CCc1ccc(NC(=O)c2ccc(F)c(S(=O)(=O)N3CCCCC3)c2)cc1S(N)(=O)=O. The van der Waals surface area contributed by atoms with E-state index >= 15 is 0 Å². The lowest BCUT2D eigenvalue weighted by atomic mass is 10.1. The smallest absolute Gasteiger partial charge is 0.255 e. The van der Waals surface area contributed by atoms with Gasteiger partial charge >= 0.3 is 0 Å². The van der Waals surface area contributed by atoms with Crippen LogP contribution in [0.2, 0.25) is 0 Å². The van der Waals surface area contributed by atoms with Crippen molar-refractivity contribution in [2.75, 3.05) is 18.4 Å². The Morgan fingerprint density at radius 3 is 2.32 bits per heavy atom. The van der Waals surface area contributed by atoms with Crippen LogP contribution >= 0.6 is 0 Å². The monoisotopic (exact) mass is 469 g/mol. The number of carbonyl (C=O) groups is 1. The zero-order chi connectivity index (χ0) is 22.8. The van der Waals surface area contributed by atoms with Crippen molar-refractivity contribution >= 4 is 31.6 Å². The number of nitrogens with one attached hydrogen (secondary N) is 1. The molecule has 8 nitrogen and oxygen atoms in total. The molecule has 0 radical (unpaired) electrons. The zero-order valence-electron chi connectivity index (χ0n) is 17.0. The van der Waals surface area contributed by atoms with Crippen LogP contribution in [0.15, 0.2) is 46.2 Å². The molecule has 11 heteroatoms. The van der Waals surface area contributed by atoms with Gasteiger partial charge in [0.25, 0.3) is 5.91 Å². The fourth-order valence-electron chi connectivity index (χ4n) is 3.48. The first-order valence-corrected chi connectivity index (χ1v) is 12.8. The van der Waals surface area contributed by atoms with Gasteiger partial charge in [0.2, 0.25) is 20.0 Å². The number of primary sulfonamides is 1. The zero-order valence-corrected chi connectivity index (χ0v) is 18.6. The van der Waals surface area contributed by atoms with Crippen LogP contribution in [0.5, 0.6) is 0 Å². The van der Waals surface area contributed by atoms with Gasteiger partial charge in [-0.1, -0.05) is 19.4 Å². The highest BCUT2D eigenvalue weighted by Gasteiger charge is 2.29. The van der Waals surface area contributed by atoms with E-state index in [9.17, 15) is 26.0 Å². The molecule has 0 spiro atoms. The summed E-state index contributed by atoms with van der Waals surface area (Å²) in [5.41, 5.74) is 0.585. The van der Waals surface area contributed by atoms with Gasteiger partial charge in [0.1, 0.15) is 10.7 Å². The molecule has 0 atom stereocenters. The molecule has 1 aliphatic heterocycles. The molecule has 1 heterocycles. The average molecular weight is 470 g/mol. The average Bonchev–Trinajstić information content (AvgIpc) is 2.73. The summed E-state index contributed by atoms with van der Waals surface area (Å²) in [6, 6.07) is 7.38. The summed E-state index contributed by atoms with van der Waals surface area (Å²) in [6.45, 7) is 2.38. The van der Waals surface area contributed by atoms with Crippen LogP contribution in [-0.2, 0) is 26.5 Å². The summed E-state index contributed by atoms with van der Waals surface area (Å²) >= 11 is 0. The van der Waals surface area contributed by atoms with Gasteiger partial charge in [-0.05, 0) is 55.2 Å². The van der Waals surface area contributed by atoms with Gasteiger partial charge in [-0.15, -0.1) is 0 Å². The van der Waals surface area contributed by atoms with Crippen LogP contribution in [-0.4, -0.2) is 40.1 Å². The van der Waals surface area contributed by atoms with E-state index in [1.54, 1.807) is 6.92 Å². The Labute approximate surface area is 181 Å². The van der Waals surface area contributed by atoms with Crippen LogP contribution in [0.4, 0.5) is 10.1 Å². The first-order chi connectivity index (χ1) is 14.5. The quantitative estimate of drug-likeness (QED) is 0.672. The molecule has 1 fully saturated rings. The highest BCUT2D eigenvalue weighted by atomic mass is 32.2. The van der Waals surface area contributed by atoms with E-state index in [4.69, 9.17) is 5.14 Å². The predicted molar refractivity (Wildman–Crippen MR) is 114 cm³/mol. The first-order valence-electron chi connectivity index (χ1n) is 9.81. The van der Waals surface area contributed by atoms with E-state index in [1.807, 2.05) is 0 Å². The lowest BCUT2D eigenvalue weighted by Gasteiger charge is -2.26. The van der Waals surface area contributed by atoms with Crippen molar-refractivity contribution in [3.8, 4) is 0 Å². The molecule has 3 rings (SSSR count). The van der Waals surface area contributed by atoms with Crippen molar-refractivity contribution in [2.45, 2.75) is 42.4 Å². The number of amides is 1. The number of nitrogens with zero attached hydrogens (tertiary/aromatic N) is 1. The number of benzene rings is 2. The molecule has 31 heavy (non-hydrogen) atoms. The molecule has 0 aliphatic carbocycles. The summed E-state index contributed by atoms with van der Waals surface area (Å²) in [6.07, 6.45) is 2.73. The number of carbonyl (C=O) groups excluding carboxylic acids is 1. The molecular weight excluding hydrogens is 445 g/mol. The summed E-state index contributed by atoms with van der Waals surface area (Å²) < 4.78 is 64.9. The minimum absolute atomic E-state index is 0.0753. The minimum atomic E-state index is -4.07. The predicted octanol–water partition coefficient (Wildman–Crippen LogP) is 2.46. The first kappa shape index (κ1) is 23.3. The lowest BCUT2D eigenvalue weighted by molar-refractivity contribution is 0.102. The topological polar surface area (TPSA) is 127 Å². The van der Waals surface area contributed by atoms with Crippen molar-refractivity contribution in [1.82, 2.24) is 4.31 Å². The number of piperidine rings is 1. The van der Waals surface area contributed by atoms with E-state index < -0.39 is 36.7 Å². The van der Waals surface area contributed by atoms with Crippen LogP contribution in [0.3, 0.4) is 0 Å². The van der Waals surface area contributed by atoms with E-state index in [-0.39, 0.29) is 16.1 Å². The van der Waals surface area contributed by atoms with Gasteiger partial charge < -0.3 is 5.32 Å². The molecule has 0 bridgehead atoms. The standard InChI is InChI=1S/C20H24FN3O5S2/c1-2-14-6-8-16(13-18(14)30(22,26)27)23-20(25)15-7-9-17(21)19(12-15)31(28,29)24-10-4-3-5-11-24/h6-9,12-13H,2-5,10-11H2,1H3,(H,23,25)(H2,22,26,27). The van der Waals surface area contributed by atoms with Crippen molar-refractivity contribution < 1.29 is 26.0 Å². The summed E-state index contributed by atoms with van der Waals surface area (Å²) in [7, 11) is -8.07. The van der Waals surface area contributed by atoms with Crippen molar-refractivity contribution in [3.05, 3.63) is 53.3 Å². The Balaban J connectivity index is 1.91. The number of hydrogen-bond acceptors (Lipinski definition) is 5. The molecule has 168 valence electrons. The Bertz CT molecular complexity index is 1210. The van der Waals surface area contributed by atoms with Crippen molar-refractivity contribution in [1.29, 1.82) is 0 Å². The van der Waals surface area contributed by atoms with Gasteiger partial charge in [0.05, 0.1) is 4.90 Å². The fourth-order valence-corrected chi connectivity index (χ4v) is 5.96. The Morgan fingerprint density at radius 2 is 1.71 bits per heavy atom. The summed E-state index contributed by atoms with van der Waals surface area (Å²) in [5, 5.41) is 7.76. The number of aryl methyl sites for hydroxylation is 1. The highest BCUT2D eigenvalue weighted by molar-refractivity contribution is 7.89. The van der Waals surface area contributed by atoms with Gasteiger partial charge in [0, 0.05) is 24.3 Å². The molecule has 1 saturated heterocycles.